The van der Waals surface area contributed by atoms with Crippen LogP contribution in [0.4, 0.5) is 0 Å². The summed E-state index contributed by atoms with van der Waals surface area (Å²) >= 11 is 2.30. The van der Waals surface area contributed by atoms with Crippen LogP contribution < -0.4 is 10.4 Å². The molecule has 0 saturated carbocycles. The van der Waals surface area contributed by atoms with Crippen LogP contribution in [0.2, 0.25) is 5.04 Å². The molecule has 2 atom stereocenters. The Morgan fingerprint density at radius 2 is 1.62 bits per heavy atom. The summed E-state index contributed by atoms with van der Waals surface area (Å²) < 4.78 is 23.4. The third-order valence-electron chi connectivity index (χ3n) is 6.86. The van der Waals surface area contributed by atoms with E-state index in [1.165, 1.54) is 10.4 Å². The lowest BCUT2D eigenvalue weighted by atomic mass is 10.1. The van der Waals surface area contributed by atoms with E-state index in [1.54, 1.807) is 0 Å². The van der Waals surface area contributed by atoms with Crippen molar-refractivity contribution in [2.24, 2.45) is 0 Å². The number of terminal acetylenes is 1. The van der Waals surface area contributed by atoms with Crippen molar-refractivity contribution in [1.29, 1.82) is 0 Å². The van der Waals surface area contributed by atoms with Gasteiger partial charge in [0.1, 0.15) is 18.3 Å². The molecule has 3 rings (SSSR count). The van der Waals surface area contributed by atoms with Gasteiger partial charge in [0.2, 0.25) is 0 Å². The Morgan fingerprint density at radius 1 is 1.00 bits per heavy atom. The number of halogens is 1. The predicted octanol–water partition coefficient (Wildman–Crippen LogP) is 6.53. The van der Waals surface area contributed by atoms with E-state index in [1.807, 2.05) is 40.7 Å². The van der Waals surface area contributed by atoms with Crippen LogP contribution >= 0.6 is 15.9 Å². The molecule has 0 amide bonds. The molecule has 3 nitrogen and oxygen atoms in total. The van der Waals surface area contributed by atoms with Gasteiger partial charge in [0.25, 0.3) is 8.32 Å². The van der Waals surface area contributed by atoms with Gasteiger partial charge in [-0.3, -0.25) is 0 Å². The zero-order valence-corrected chi connectivity index (χ0v) is 27.4. The van der Waals surface area contributed by atoms with Gasteiger partial charge in [0.15, 0.2) is 0 Å². The van der Waals surface area contributed by atoms with Gasteiger partial charge < -0.3 is 8.98 Å². The van der Waals surface area contributed by atoms with Gasteiger partial charge in [-0.25, -0.2) is 0 Å². The lowest BCUT2D eigenvalue weighted by Crippen LogP contribution is -2.66. The number of unbranched alkanes of at least 4 members (excludes halogenated alkanes) is 1. The minimum atomic E-state index is -2.70. The highest BCUT2D eigenvalue weighted by molar-refractivity contribution is 9.10. The van der Waals surface area contributed by atoms with Crippen LogP contribution in [0.5, 0.6) is 0 Å². The molecular formula is C34H40BrNO2SSi. The Bertz CT molecular complexity index is 1260. The van der Waals surface area contributed by atoms with E-state index in [-0.39, 0.29) is 17.6 Å². The van der Waals surface area contributed by atoms with Crippen molar-refractivity contribution in [3.05, 3.63) is 95.0 Å². The topological polar surface area (TPSA) is 35.5 Å². The average Bonchev–Trinajstić information content (AvgIpc) is 2.95. The van der Waals surface area contributed by atoms with Crippen LogP contribution in [0.1, 0.15) is 52.5 Å². The van der Waals surface area contributed by atoms with Crippen molar-refractivity contribution in [2.75, 3.05) is 18.9 Å². The molecule has 6 heteroatoms. The van der Waals surface area contributed by atoms with Gasteiger partial charge in [0, 0.05) is 34.4 Å². The minimum Gasteiger partial charge on any atom is -0.598 e. The maximum atomic E-state index is 13.4. The van der Waals surface area contributed by atoms with E-state index in [2.05, 4.69) is 110 Å². The summed E-state index contributed by atoms with van der Waals surface area (Å²) in [6.45, 7) is 9.66. The third-order valence-corrected chi connectivity index (χ3v) is 13.9. The molecule has 0 aromatic heterocycles. The zero-order chi connectivity index (χ0) is 29.0. The van der Waals surface area contributed by atoms with Crippen molar-refractivity contribution < 1.29 is 8.98 Å². The molecule has 3 aromatic carbocycles. The number of nitrogens with zero attached hydrogens (tertiary/aromatic N) is 1. The average molecular weight is 635 g/mol. The second-order valence-electron chi connectivity index (χ2n) is 10.8. The van der Waals surface area contributed by atoms with Crippen LogP contribution in [-0.4, -0.2) is 42.1 Å². The Hall–Kier alpha value is -2.29. The van der Waals surface area contributed by atoms with E-state index in [4.69, 9.17) is 10.8 Å². The Morgan fingerprint density at radius 3 is 2.15 bits per heavy atom. The molecule has 0 N–H and O–H groups in total. The summed E-state index contributed by atoms with van der Waals surface area (Å²) in [5.41, 5.74) is 0.896. The van der Waals surface area contributed by atoms with E-state index in [0.717, 1.165) is 22.9 Å². The summed E-state index contributed by atoms with van der Waals surface area (Å²) in [5.74, 6) is 10.0. The summed E-state index contributed by atoms with van der Waals surface area (Å²) in [6.07, 6.45) is 8.20. The van der Waals surface area contributed by atoms with Gasteiger partial charge in [-0.15, -0.1) is 10.7 Å². The van der Waals surface area contributed by atoms with Crippen molar-refractivity contribution in [1.82, 2.24) is 4.31 Å². The SMILES string of the molecule is C#CCN([C@@H](C#Cc1cccc(Br)c1)CCO[Si](c1ccccc1)(c1ccccc1)C(C)(C)C)[S@@+]([O-])CCCC. The van der Waals surface area contributed by atoms with Crippen molar-refractivity contribution in [3.8, 4) is 24.2 Å². The van der Waals surface area contributed by atoms with E-state index in [0.29, 0.717) is 18.8 Å². The first-order valence-corrected chi connectivity index (χ1v) is 17.8. The fourth-order valence-electron chi connectivity index (χ4n) is 4.91. The highest BCUT2D eigenvalue weighted by atomic mass is 79.9. The molecule has 40 heavy (non-hydrogen) atoms. The number of hydrogen-bond acceptors (Lipinski definition) is 3. The highest BCUT2D eigenvalue weighted by Crippen LogP contribution is 2.37. The van der Waals surface area contributed by atoms with Gasteiger partial charge in [-0.2, -0.15) is 0 Å². The number of benzene rings is 3. The van der Waals surface area contributed by atoms with Crippen LogP contribution in [0.3, 0.4) is 0 Å². The van der Waals surface area contributed by atoms with Crippen molar-refractivity contribution in [2.45, 2.75) is 58.0 Å². The monoisotopic (exact) mass is 633 g/mol. The molecule has 0 aliphatic carbocycles. The Labute approximate surface area is 254 Å². The molecule has 0 heterocycles. The van der Waals surface area contributed by atoms with Gasteiger partial charge in [-0.05, 0) is 40.0 Å². The molecule has 0 unspecified atom stereocenters. The minimum absolute atomic E-state index is 0.129. The number of hydrogen-bond donors (Lipinski definition) is 0. The first-order chi connectivity index (χ1) is 19.2. The quantitative estimate of drug-likeness (QED) is 0.129. The van der Waals surface area contributed by atoms with Gasteiger partial charge in [0.05, 0.1) is 0 Å². The molecule has 0 aliphatic heterocycles. The Balaban J connectivity index is 1.99. The summed E-state index contributed by atoms with van der Waals surface area (Å²) in [7, 11) is -2.70. The molecule has 3 aromatic rings. The fourth-order valence-corrected chi connectivity index (χ4v) is 11.3. The summed E-state index contributed by atoms with van der Waals surface area (Å²) in [5, 5.41) is 2.34. The van der Waals surface area contributed by atoms with Crippen LogP contribution in [-0.2, 0) is 15.8 Å². The van der Waals surface area contributed by atoms with Crippen molar-refractivity contribution >= 4 is 46.0 Å². The normalized spacial score (nSPS) is 13.2. The van der Waals surface area contributed by atoms with E-state index < -0.39 is 19.7 Å². The molecule has 0 spiro atoms. The van der Waals surface area contributed by atoms with Gasteiger partial charge in [-0.1, -0.05) is 135 Å². The van der Waals surface area contributed by atoms with Crippen LogP contribution in [0, 0.1) is 24.2 Å². The van der Waals surface area contributed by atoms with Gasteiger partial charge >= 0.3 is 0 Å². The van der Waals surface area contributed by atoms with E-state index >= 15 is 0 Å². The largest absolute Gasteiger partial charge is 0.598 e. The lowest BCUT2D eigenvalue weighted by molar-refractivity contribution is 0.260. The van der Waals surface area contributed by atoms with Crippen LogP contribution in [0.25, 0.3) is 0 Å². The maximum Gasteiger partial charge on any atom is 0.261 e. The first kappa shape index (κ1) is 32.2. The van der Waals surface area contributed by atoms with Crippen molar-refractivity contribution in [3.63, 3.8) is 0 Å². The summed E-state index contributed by atoms with van der Waals surface area (Å²) in [6, 6.07) is 28.8. The maximum absolute atomic E-state index is 13.4. The molecule has 0 radical (unpaired) electrons. The first-order valence-electron chi connectivity index (χ1n) is 13.8. The fraction of sp³-hybridized carbons (Fsp3) is 0.353. The standard InChI is InChI=1S/C34H40BrNO2SSi/c1-6-8-27-39(37)36(25-7-2)31(23-22-29-16-15-17-30(35)28-29)24-26-38-40(34(3,4)5,32-18-11-9-12-19-32)33-20-13-10-14-21-33/h2,9-21,28,31H,6,8,24-27H2,1,3-5H3/t31-,39-/m0/s1. The molecule has 0 aliphatic rings. The van der Waals surface area contributed by atoms with Crippen LogP contribution in [0.15, 0.2) is 89.4 Å². The molecular weight excluding hydrogens is 594 g/mol. The summed E-state index contributed by atoms with van der Waals surface area (Å²) in [4.78, 5) is 0. The smallest absolute Gasteiger partial charge is 0.261 e. The molecule has 0 bridgehead atoms. The molecule has 0 fully saturated rings. The second kappa shape index (κ2) is 15.6. The second-order valence-corrected chi connectivity index (χ2v) is 17.5. The highest BCUT2D eigenvalue weighted by Gasteiger charge is 2.50. The molecule has 0 saturated heterocycles. The Kier molecular flexibility index (Phi) is 12.6. The predicted molar refractivity (Wildman–Crippen MR) is 176 cm³/mol. The zero-order valence-electron chi connectivity index (χ0n) is 24.0. The van der Waals surface area contributed by atoms with E-state index in [9.17, 15) is 4.55 Å². The number of rotatable bonds is 12. The lowest BCUT2D eigenvalue weighted by Gasteiger charge is -2.43. The molecule has 210 valence electrons. The third kappa shape index (κ3) is 8.36.